The average molecular weight is 355 g/mol. The molecule has 0 heterocycles. The number of fused-ring (bicyclic) bond motifs is 2. The predicted molar refractivity (Wildman–Crippen MR) is 105 cm³/mol. The van der Waals surface area contributed by atoms with Gasteiger partial charge in [-0.2, -0.15) is 0 Å². The van der Waals surface area contributed by atoms with Gasteiger partial charge in [-0.15, -0.1) is 0 Å². The first-order valence-electron chi connectivity index (χ1n) is 8.61. The topological polar surface area (TPSA) is 69.4 Å². The van der Waals surface area contributed by atoms with E-state index < -0.39 is 18.0 Å². The van der Waals surface area contributed by atoms with Gasteiger partial charge in [0.2, 0.25) is 6.10 Å². The molecule has 1 atom stereocenters. The van der Waals surface area contributed by atoms with Crippen LogP contribution in [-0.2, 0) is 9.53 Å². The van der Waals surface area contributed by atoms with E-state index in [1.807, 2.05) is 60.7 Å². The van der Waals surface area contributed by atoms with Crippen LogP contribution in [0.1, 0.15) is 22.0 Å². The van der Waals surface area contributed by atoms with Crippen LogP contribution >= 0.6 is 0 Å². The molecular weight excluding hydrogens is 338 g/mol. The van der Waals surface area contributed by atoms with Crippen LogP contribution in [-0.4, -0.2) is 11.9 Å². The largest absolute Gasteiger partial charge is 0.444 e. The van der Waals surface area contributed by atoms with Crippen molar-refractivity contribution in [2.75, 3.05) is 0 Å². The van der Waals surface area contributed by atoms with Gasteiger partial charge in [-0.1, -0.05) is 78.9 Å². The summed E-state index contributed by atoms with van der Waals surface area (Å²) in [5, 5.41) is 3.41. The van der Waals surface area contributed by atoms with Crippen molar-refractivity contribution in [1.82, 2.24) is 0 Å². The van der Waals surface area contributed by atoms with Crippen molar-refractivity contribution in [3.05, 3.63) is 96.1 Å². The minimum absolute atomic E-state index is 0.436. The highest BCUT2D eigenvalue weighted by atomic mass is 16.5. The van der Waals surface area contributed by atoms with E-state index in [0.29, 0.717) is 11.1 Å². The maximum Gasteiger partial charge on any atom is 0.340 e. The van der Waals surface area contributed by atoms with E-state index in [1.165, 1.54) is 0 Å². The number of benzene rings is 4. The van der Waals surface area contributed by atoms with Gasteiger partial charge in [0, 0.05) is 5.56 Å². The normalized spacial score (nSPS) is 12.0. The molecule has 0 bridgehead atoms. The second kappa shape index (κ2) is 6.92. The van der Waals surface area contributed by atoms with Crippen LogP contribution in [0.4, 0.5) is 0 Å². The number of ether oxygens (including phenoxy) is 1. The molecule has 4 rings (SSSR count). The molecule has 0 fully saturated rings. The predicted octanol–water partition coefficient (Wildman–Crippen LogP) is 4.38. The summed E-state index contributed by atoms with van der Waals surface area (Å²) in [6, 6.07) is 26.0. The molecule has 132 valence electrons. The maximum atomic E-state index is 13.1. The molecule has 0 saturated heterocycles. The lowest BCUT2D eigenvalue weighted by Crippen LogP contribution is -2.26. The Morgan fingerprint density at radius 2 is 1.26 bits per heavy atom. The molecule has 0 aliphatic carbocycles. The number of carbonyl (C=O) groups is 2. The molecule has 4 heteroatoms. The number of hydrogen-bond acceptors (Lipinski definition) is 3. The van der Waals surface area contributed by atoms with E-state index >= 15 is 0 Å². The van der Waals surface area contributed by atoms with Crippen molar-refractivity contribution in [3.8, 4) is 0 Å². The van der Waals surface area contributed by atoms with Gasteiger partial charge < -0.3 is 10.5 Å². The lowest BCUT2D eigenvalue weighted by molar-refractivity contribution is -0.127. The van der Waals surface area contributed by atoms with Gasteiger partial charge in [0.05, 0.1) is 5.56 Å². The van der Waals surface area contributed by atoms with E-state index in [4.69, 9.17) is 10.5 Å². The van der Waals surface area contributed by atoms with E-state index in [0.717, 1.165) is 21.5 Å². The van der Waals surface area contributed by atoms with Gasteiger partial charge in [0.25, 0.3) is 5.91 Å². The fourth-order valence-corrected chi connectivity index (χ4v) is 3.32. The zero-order valence-corrected chi connectivity index (χ0v) is 14.5. The first kappa shape index (κ1) is 16.8. The minimum atomic E-state index is -1.14. The number of hydrogen-bond donors (Lipinski definition) is 1. The number of esters is 1. The summed E-state index contributed by atoms with van der Waals surface area (Å²) in [6.07, 6.45) is -1.14. The van der Waals surface area contributed by atoms with Crippen LogP contribution in [0.15, 0.2) is 84.9 Å². The number of amides is 1. The first-order valence-corrected chi connectivity index (χ1v) is 8.61. The smallest absolute Gasteiger partial charge is 0.340 e. The second-order valence-corrected chi connectivity index (χ2v) is 6.29. The number of carbonyl (C=O) groups excluding carboxylic acids is 2. The van der Waals surface area contributed by atoms with Crippen LogP contribution < -0.4 is 5.73 Å². The van der Waals surface area contributed by atoms with Crippen LogP contribution in [0.2, 0.25) is 0 Å². The zero-order chi connectivity index (χ0) is 18.8. The van der Waals surface area contributed by atoms with Crippen LogP contribution in [0.5, 0.6) is 0 Å². The van der Waals surface area contributed by atoms with Crippen LogP contribution in [0.3, 0.4) is 0 Å². The van der Waals surface area contributed by atoms with Gasteiger partial charge in [-0.05, 0) is 27.6 Å². The molecule has 0 saturated carbocycles. The highest BCUT2D eigenvalue weighted by Gasteiger charge is 2.25. The van der Waals surface area contributed by atoms with Crippen molar-refractivity contribution in [2.45, 2.75) is 6.10 Å². The summed E-state index contributed by atoms with van der Waals surface area (Å²) in [7, 11) is 0. The summed E-state index contributed by atoms with van der Waals surface area (Å²) >= 11 is 0. The highest BCUT2D eigenvalue weighted by Crippen LogP contribution is 2.30. The minimum Gasteiger partial charge on any atom is -0.444 e. The monoisotopic (exact) mass is 355 g/mol. The van der Waals surface area contributed by atoms with Gasteiger partial charge in [0.15, 0.2) is 0 Å². The molecule has 1 amide bonds. The lowest BCUT2D eigenvalue weighted by Gasteiger charge is -2.17. The van der Waals surface area contributed by atoms with Gasteiger partial charge in [-0.3, -0.25) is 4.79 Å². The summed E-state index contributed by atoms with van der Waals surface area (Å²) in [5.74, 6) is -1.28. The van der Waals surface area contributed by atoms with Crippen LogP contribution in [0, 0.1) is 0 Å². The van der Waals surface area contributed by atoms with Crippen molar-refractivity contribution in [3.63, 3.8) is 0 Å². The third-order valence-corrected chi connectivity index (χ3v) is 4.56. The highest BCUT2D eigenvalue weighted by molar-refractivity contribution is 6.16. The van der Waals surface area contributed by atoms with Gasteiger partial charge in [-0.25, -0.2) is 4.79 Å². The number of rotatable bonds is 4. The van der Waals surface area contributed by atoms with E-state index in [-0.39, 0.29) is 0 Å². The van der Waals surface area contributed by atoms with E-state index in [2.05, 4.69) is 0 Å². The third kappa shape index (κ3) is 3.13. The third-order valence-electron chi connectivity index (χ3n) is 4.56. The Bertz CT molecular complexity index is 1100. The first-order chi connectivity index (χ1) is 13.1. The second-order valence-electron chi connectivity index (χ2n) is 6.29. The Hall–Kier alpha value is -3.66. The quantitative estimate of drug-likeness (QED) is 0.436. The molecule has 4 nitrogen and oxygen atoms in total. The fourth-order valence-electron chi connectivity index (χ4n) is 3.32. The summed E-state index contributed by atoms with van der Waals surface area (Å²) in [6.45, 7) is 0. The maximum absolute atomic E-state index is 13.1. The van der Waals surface area contributed by atoms with Gasteiger partial charge in [0.1, 0.15) is 0 Å². The van der Waals surface area contributed by atoms with E-state index in [1.54, 1.807) is 24.3 Å². The number of nitrogens with two attached hydrogens (primary N) is 1. The molecule has 0 aliphatic rings. The summed E-state index contributed by atoms with van der Waals surface area (Å²) in [4.78, 5) is 25.1. The Morgan fingerprint density at radius 1 is 0.741 bits per heavy atom. The molecule has 0 spiro atoms. The molecule has 0 aliphatic heterocycles. The van der Waals surface area contributed by atoms with Gasteiger partial charge >= 0.3 is 5.97 Å². The Kier molecular flexibility index (Phi) is 4.30. The zero-order valence-electron chi connectivity index (χ0n) is 14.5. The van der Waals surface area contributed by atoms with Crippen molar-refractivity contribution >= 4 is 33.4 Å². The molecule has 0 aromatic heterocycles. The molecular formula is C23H17NO3. The molecule has 2 N–H and O–H groups in total. The summed E-state index contributed by atoms with van der Waals surface area (Å²) < 4.78 is 5.59. The fraction of sp³-hybridized carbons (Fsp3) is 0.0435. The van der Waals surface area contributed by atoms with Crippen molar-refractivity contribution in [2.24, 2.45) is 5.73 Å². The molecule has 0 radical (unpaired) electrons. The van der Waals surface area contributed by atoms with E-state index in [9.17, 15) is 9.59 Å². The SMILES string of the molecule is NC(=O)[C@H](OC(=O)c1c2ccccc2cc2ccccc12)c1ccccc1. The van der Waals surface area contributed by atoms with Crippen LogP contribution in [0.25, 0.3) is 21.5 Å². The lowest BCUT2D eigenvalue weighted by atomic mass is 9.97. The molecule has 4 aromatic rings. The number of primary amides is 1. The molecule has 4 aromatic carbocycles. The van der Waals surface area contributed by atoms with Crippen molar-refractivity contribution < 1.29 is 14.3 Å². The standard InChI is InChI=1S/C23H17NO3/c24-22(25)21(15-8-2-1-3-9-15)27-23(26)20-18-12-6-4-10-16(18)14-17-11-5-7-13-19(17)20/h1-14,21H,(H2,24,25)/t21-/m1/s1. The Labute approximate surface area is 156 Å². The molecule has 0 unspecified atom stereocenters. The van der Waals surface area contributed by atoms with Crippen molar-refractivity contribution in [1.29, 1.82) is 0 Å². The average Bonchev–Trinajstić information content (AvgIpc) is 2.70. The summed E-state index contributed by atoms with van der Waals surface area (Å²) in [5.41, 5.74) is 6.48. The molecule has 27 heavy (non-hydrogen) atoms. The Balaban J connectivity index is 1.85. The Morgan fingerprint density at radius 3 is 1.81 bits per heavy atom.